The van der Waals surface area contributed by atoms with Crippen LogP contribution in [0, 0.1) is 0 Å². The molecule has 0 amide bonds. The van der Waals surface area contributed by atoms with Crippen molar-refractivity contribution in [3.8, 4) is 20.0 Å². The minimum absolute atomic E-state index is 0.246. The van der Waals surface area contributed by atoms with Gasteiger partial charge >= 0.3 is 175 Å². The Morgan fingerprint density at radius 3 is 1.67 bits per heavy atom. The van der Waals surface area contributed by atoms with Crippen LogP contribution in [0.25, 0.3) is 31.0 Å². The summed E-state index contributed by atoms with van der Waals surface area (Å²) in [5.74, 6) is 0. The molecule has 24 heavy (non-hydrogen) atoms. The van der Waals surface area contributed by atoms with Crippen molar-refractivity contribution < 1.29 is 0 Å². The molecular weight excluding hydrogens is 606 g/mol. The number of hydrogen-bond donors (Lipinski definition) is 0. The van der Waals surface area contributed by atoms with Crippen LogP contribution < -0.4 is 0 Å². The topological polar surface area (TPSA) is 50.5 Å². The summed E-state index contributed by atoms with van der Waals surface area (Å²) in [4.78, 5) is 0. The number of benzene rings is 1. The van der Waals surface area contributed by atoms with Gasteiger partial charge in [0.25, 0.3) is 0 Å². The summed E-state index contributed by atoms with van der Waals surface area (Å²) >= 11 is 10.2. The number of halogens is 2. The summed E-state index contributed by atoms with van der Waals surface area (Å²) in [5.41, 5.74) is 6.04. The average Bonchev–Trinajstić information content (AvgIpc) is 3.31. The van der Waals surface area contributed by atoms with E-state index in [9.17, 15) is 0 Å². The first-order valence-electron chi connectivity index (χ1n) is 6.64. The van der Waals surface area contributed by atoms with E-state index in [-0.39, 0.29) is 29.0 Å². The van der Waals surface area contributed by atoms with Crippen molar-refractivity contribution in [3.63, 3.8) is 0 Å². The molecule has 1 aliphatic rings. The molecule has 1 aromatic carbocycles. The van der Waals surface area contributed by atoms with Gasteiger partial charge in [-0.3, -0.25) is 0 Å². The molecule has 4 heterocycles. The van der Waals surface area contributed by atoms with E-state index < -0.39 is 0 Å². The van der Waals surface area contributed by atoms with Gasteiger partial charge in [-0.2, -0.15) is 0 Å². The second-order valence-electron chi connectivity index (χ2n) is 4.88. The van der Waals surface area contributed by atoms with Crippen LogP contribution in [0.2, 0.25) is 0 Å². The molecule has 4 nitrogen and oxygen atoms in total. The molecule has 0 spiro atoms. The maximum atomic E-state index is 4.62. The molecule has 10 heteroatoms. The first-order valence-corrected chi connectivity index (χ1v) is 13.1. The van der Waals surface area contributed by atoms with Gasteiger partial charge in [0.15, 0.2) is 0 Å². The van der Waals surface area contributed by atoms with Crippen molar-refractivity contribution in [3.05, 3.63) is 31.0 Å². The summed E-state index contributed by atoms with van der Waals surface area (Å²) in [6.45, 7) is 0. The second-order valence-corrected chi connectivity index (χ2v) is 14.6. The summed E-state index contributed by atoms with van der Waals surface area (Å²) in [6.07, 6.45) is 0. The Morgan fingerprint density at radius 1 is 0.750 bits per heavy atom. The molecular formula is C14H4Br2N4S2Se2. The molecule has 3 aromatic heterocycles. The van der Waals surface area contributed by atoms with E-state index >= 15 is 0 Å². The number of rotatable bonds is 2. The van der Waals surface area contributed by atoms with Crippen molar-refractivity contribution >= 4 is 106 Å². The molecule has 5 rings (SSSR count). The van der Waals surface area contributed by atoms with E-state index in [2.05, 4.69) is 73.6 Å². The van der Waals surface area contributed by atoms with Crippen LogP contribution in [0.5, 0.6) is 0 Å². The zero-order chi connectivity index (χ0) is 16.3. The Balaban J connectivity index is 1.92. The second kappa shape index (κ2) is 6.21. The maximum absolute atomic E-state index is 4.62. The normalized spacial score (nSPS) is 12.8. The molecule has 0 saturated carbocycles. The van der Waals surface area contributed by atoms with Crippen LogP contribution in [-0.4, -0.2) is 37.8 Å². The molecule has 1 aliphatic heterocycles. The number of fused-ring (bicyclic) bond motifs is 2. The zero-order valence-electron chi connectivity index (χ0n) is 11.5. The van der Waals surface area contributed by atoms with Crippen molar-refractivity contribution in [1.29, 1.82) is 0 Å². The van der Waals surface area contributed by atoms with Crippen LogP contribution in [0.15, 0.2) is 39.7 Å². The predicted molar refractivity (Wildman–Crippen MR) is 109 cm³/mol. The van der Waals surface area contributed by atoms with Gasteiger partial charge in [0, 0.05) is 0 Å². The monoisotopic (exact) mass is 610 g/mol. The Labute approximate surface area is 173 Å². The molecule has 0 bridgehead atoms. The van der Waals surface area contributed by atoms with Gasteiger partial charge in [-0.25, -0.2) is 0 Å². The van der Waals surface area contributed by atoms with Crippen LogP contribution in [0.3, 0.4) is 0 Å². The van der Waals surface area contributed by atoms with Gasteiger partial charge in [0.2, 0.25) is 0 Å². The summed E-state index contributed by atoms with van der Waals surface area (Å²) < 4.78 is 23.5. The average molecular weight is 610 g/mol. The molecule has 0 radical (unpaired) electrons. The fraction of sp³-hybridized carbons (Fsp3) is 0. The summed E-state index contributed by atoms with van der Waals surface area (Å²) in [5, 5.41) is 0. The van der Waals surface area contributed by atoms with Crippen molar-refractivity contribution in [2.75, 3.05) is 0 Å². The van der Waals surface area contributed by atoms with Gasteiger partial charge in [0.1, 0.15) is 0 Å². The van der Waals surface area contributed by atoms with E-state index in [1.165, 1.54) is 38.7 Å². The molecule has 118 valence electrons. The van der Waals surface area contributed by atoms with Gasteiger partial charge < -0.3 is 0 Å². The van der Waals surface area contributed by atoms with Gasteiger partial charge in [-0.05, 0) is 0 Å². The quantitative estimate of drug-likeness (QED) is 0.252. The molecule has 4 aromatic rings. The number of hydrogen-bond acceptors (Lipinski definition) is 5. The summed E-state index contributed by atoms with van der Waals surface area (Å²) in [6, 6.07) is 8.55. The first-order chi connectivity index (χ1) is 11.7. The SMILES string of the molecule is Brc1ccc(-c2c3c(c(-c4ccc(Br)[se]4)c4nsnc24)N=S=N3)[se]1. The van der Waals surface area contributed by atoms with Crippen LogP contribution in [0.4, 0.5) is 11.4 Å². The molecule has 0 unspecified atom stereocenters. The van der Waals surface area contributed by atoms with Gasteiger partial charge in [-0.15, -0.1) is 0 Å². The third-order valence-electron chi connectivity index (χ3n) is 3.56. The Hall–Kier alpha value is -0.181. The van der Waals surface area contributed by atoms with E-state index in [1.54, 1.807) is 0 Å². The van der Waals surface area contributed by atoms with E-state index in [0.717, 1.165) is 33.5 Å². The third kappa shape index (κ3) is 2.47. The number of aromatic nitrogens is 2. The third-order valence-corrected chi connectivity index (χ3v) is 10.6. The molecule has 0 saturated heterocycles. The van der Waals surface area contributed by atoms with Crippen LogP contribution in [-0.2, 0) is 11.4 Å². The molecule has 0 atom stereocenters. The van der Waals surface area contributed by atoms with Crippen LogP contribution >= 0.6 is 43.6 Å². The fourth-order valence-electron chi connectivity index (χ4n) is 2.62. The Bertz CT molecular complexity index is 1100. The van der Waals surface area contributed by atoms with Crippen molar-refractivity contribution in [2.24, 2.45) is 8.73 Å². The zero-order valence-corrected chi connectivity index (χ0v) is 19.7. The molecule has 0 aliphatic carbocycles. The van der Waals surface area contributed by atoms with Crippen LogP contribution in [0.1, 0.15) is 0 Å². The van der Waals surface area contributed by atoms with E-state index in [0.29, 0.717) is 0 Å². The minimum atomic E-state index is 0.246. The van der Waals surface area contributed by atoms with Crippen molar-refractivity contribution in [1.82, 2.24) is 8.75 Å². The van der Waals surface area contributed by atoms with E-state index in [1.807, 2.05) is 0 Å². The first kappa shape index (κ1) is 16.0. The standard InChI is InChI=1S/C14H4Br2N4S2Se2/c15-7-3-1-5(23-7)9-11-13(19-21-17-11)10(6-2-4-8(16)24-6)14-12(9)18-22-20-14/h1-4H. The molecule has 0 fully saturated rings. The van der Waals surface area contributed by atoms with E-state index in [4.69, 9.17) is 0 Å². The predicted octanol–water partition coefficient (Wildman–Crippen LogP) is 5.39. The molecule has 0 N–H and O–H groups in total. The number of nitrogens with zero attached hydrogens (tertiary/aromatic N) is 4. The summed E-state index contributed by atoms with van der Waals surface area (Å²) in [7, 11) is 0. The van der Waals surface area contributed by atoms with Crippen molar-refractivity contribution in [2.45, 2.75) is 0 Å². The van der Waals surface area contributed by atoms with Gasteiger partial charge in [0.05, 0.1) is 0 Å². The van der Waals surface area contributed by atoms with Gasteiger partial charge in [-0.1, -0.05) is 0 Å². The fourth-order valence-corrected chi connectivity index (χ4v) is 9.08. The Morgan fingerprint density at radius 2 is 1.25 bits per heavy atom. The Kier molecular flexibility index (Phi) is 4.15.